The van der Waals surface area contributed by atoms with Gasteiger partial charge in [0.25, 0.3) is 0 Å². The second-order valence-corrected chi connectivity index (χ2v) is 8.95. The van der Waals surface area contributed by atoms with Crippen molar-refractivity contribution in [3.8, 4) is 0 Å². The number of nitrogens with zero attached hydrogens (tertiary/aromatic N) is 2. The average Bonchev–Trinajstić information content (AvgIpc) is 2.78. The van der Waals surface area contributed by atoms with Crippen LogP contribution in [0.15, 0.2) is 18.2 Å². The minimum absolute atomic E-state index is 0.196. The van der Waals surface area contributed by atoms with E-state index in [1.54, 1.807) is 0 Å². The first-order chi connectivity index (χ1) is 9.69. The van der Waals surface area contributed by atoms with E-state index in [0.717, 1.165) is 23.4 Å². The van der Waals surface area contributed by atoms with Gasteiger partial charge in [0.1, 0.15) is 0 Å². The highest BCUT2D eigenvalue weighted by Gasteiger charge is 2.44. The van der Waals surface area contributed by atoms with Crippen molar-refractivity contribution in [3.63, 3.8) is 0 Å². The highest BCUT2D eigenvalue weighted by Crippen LogP contribution is 2.46. The van der Waals surface area contributed by atoms with E-state index < -0.39 is 0 Å². The molecule has 2 heterocycles. The molecule has 0 radical (unpaired) electrons. The summed E-state index contributed by atoms with van der Waals surface area (Å²) in [6, 6.07) is 6.01. The van der Waals surface area contributed by atoms with E-state index in [0.29, 0.717) is 5.92 Å². The van der Waals surface area contributed by atoms with Gasteiger partial charge in [-0.25, -0.2) is 4.98 Å². The number of hydrogen-bond donors (Lipinski definition) is 0. The van der Waals surface area contributed by atoms with E-state index in [1.165, 1.54) is 9.71 Å². The predicted molar refractivity (Wildman–Crippen MR) is 92.5 cm³/mol. The maximum Gasteiger partial charge on any atom is 0.0970 e. The minimum Gasteiger partial charge on any atom is -0.296 e. The van der Waals surface area contributed by atoms with Crippen molar-refractivity contribution in [3.05, 3.63) is 28.2 Å². The summed E-state index contributed by atoms with van der Waals surface area (Å²) >= 11 is 7.91. The molecule has 21 heavy (non-hydrogen) atoms. The van der Waals surface area contributed by atoms with E-state index >= 15 is 0 Å². The van der Waals surface area contributed by atoms with Crippen LogP contribution in [0.3, 0.4) is 0 Å². The molecular weight excluding hydrogens is 300 g/mol. The van der Waals surface area contributed by atoms with Crippen LogP contribution in [0.5, 0.6) is 0 Å². The number of halogens is 1. The zero-order valence-electron chi connectivity index (χ0n) is 13.4. The molecule has 1 saturated heterocycles. The van der Waals surface area contributed by atoms with Crippen molar-refractivity contribution in [2.75, 3.05) is 7.05 Å². The smallest absolute Gasteiger partial charge is 0.0970 e. The van der Waals surface area contributed by atoms with Gasteiger partial charge in [-0.2, -0.15) is 0 Å². The van der Waals surface area contributed by atoms with Crippen molar-refractivity contribution < 1.29 is 0 Å². The van der Waals surface area contributed by atoms with Crippen LogP contribution in [-0.2, 0) is 0 Å². The largest absolute Gasteiger partial charge is 0.296 e. The summed E-state index contributed by atoms with van der Waals surface area (Å²) in [7, 11) is 2.24. The SMILES string of the molecule is CN1C(C)(C)CC(c2nc3cc(Cl)ccc3s2)CC1(C)C. The molecule has 1 aromatic heterocycles. The van der Waals surface area contributed by atoms with Gasteiger partial charge in [0.15, 0.2) is 0 Å². The van der Waals surface area contributed by atoms with E-state index in [1.807, 2.05) is 23.5 Å². The molecule has 1 aromatic carbocycles. The van der Waals surface area contributed by atoms with Gasteiger partial charge in [-0.05, 0) is 65.8 Å². The first kappa shape index (κ1) is 15.3. The summed E-state index contributed by atoms with van der Waals surface area (Å²) in [4.78, 5) is 7.38. The molecule has 0 N–H and O–H groups in total. The number of thiazole rings is 1. The van der Waals surface area contributed by atoms with Crippen LogP contribution in [0.25, 0.3) is 10.2 Å². The first-order valence-electron chi connectivity index (χ1n) is 7.49. The zero-order valence-corrected chi connectivity index (χ0v) is 15.0. The molecule has 4 heteroatoms. The van der Waals surface area contributed by atoms with Crippen molar-refractivity contribution in [1.29, 1.82) is 0 Å². The Morgan fingerprint density at radius 2 is 1.81 bits per heavy atom. The fourth-order valence-electron chi connectivity index (χ4n) is 3.64. The summed E-state index contributed by atoms with van der Waals surface area (Å²) in [6.07, 6.45) is 2.31. The monoisotopic (exact) mass is 322 g/mol. The van der Waals surface area contributed by atoms with Gasteiger partial charge < -0.3 is 0 Å². The number of fused-ring (bicyclic) bond motifs is 1. The average molecular weight is 323 g/mol. The van der Waals surface area contributed by atoms with Crippen LogP contribution in [-0.4, -0.2) is 28.0 Å². The standard InChI is InChI=1S/C17H23ClN2S/c1-16(2)9-11(10-17(3,4)20(16)5)15-19-13-8-12(18)6-7-14(13)21-15/h6-8,11H,9-10H2,1-5H3. The minimum atomic E-state index is 0.196. The maximum absolute atomic E-state index is 6.08. The summed E-state index contributed by atoms with van der Waals surface area (Å²) in [6.45, 7) is 9.35. The van der Waals surface area contributed by atoms with Crippen LogP contribution >= 0.6 is 22.9 Å². The Kier molecular flexibility index (Phi) is 3.59. The Bertz CT molecular complexity index is 656. The fourth-order valence-corrected chi connectivity index (χ4v) is 4.85. The van der Waals surface area contributed by atoms with Gasteiger partial charge in [0.05, 0.1) is 15.2 Å². The molecule has 0 atom stereocenters. The maximum atomic E-state index is 6.08. The number of rotatable bonds is 1. The Morgan fingerprint density at radius 1 is 1.19 bits per heavy atom. The predicted octanol–water partition coefficient (Wildman–Crippen LogP) is 5.32. The Balaban J connectivity index is 1.98. The fraction of sp³-hybridized carbons (Fsp3) is 0.588. The lowest BCUT2D eigenvalue weighted by molar-refractivity contribution is -0.0128. The normalized spacial score (nSPS) is 22.8. The topological polar surface area (TPSA) is 16.1 Å². The lowest BCUT2D eigenvalue weighted by Crippen LogP contribution is -2.58. The second-order valence-electron chi connectivity index (χ2n) is 7.45. The third-order valence-corrected chi connectivity index (χ3v) is 6.46. The summed E-state index contributed by atoms with van der Waals surface area (Å²) in [5.41, 5.74) is 1.43. The van der Waals surface area contributed by atoms with Gasteiger partial charge in [-0.1, -0.05) is 11.6 Å². The van der Waals surface area contributed by atoms with Crippen molar-refractivity contribution in [1.82, 2.24) is 9.88 Å². The van der Waals surface area contributed by atoms with Gasteiger partial charge in [0, 0.05) is 22.0 Å². The molecule has 0 unspecified atom stereocenters. The molecule has 0 saturated carbocycles. The van der Waals surface area contributed by atoms with Gasteiger partial charge >= 0.3 is 0 Å². The van der Waals surface area contributed by atoms with Crippen LogP contribution in [0.4, 0.5) is 0 Å². The first-order valence-corrected chi connectivity index (χ1v) is 8.68. The Hall–Kier alpha value is -0.640. The zero-order chi connectivity index (χ0) is 15.4. The lowest BCUT2D eigenvalue weighted by Gasteiger charge is -2.53. The molecule has 2 aromatic rings. The van der Waals surface area contributed by atoms with Gasteiger partial charge in [-0.15, -0.1) is 11.3 Å². The third kappa shape index (κ3) is 2.71. The number of likely N-dealkylation sites (tertiary alicyclic amines) is 1. The van der Waals surface area contributed by atoms with Crippen molar-refractivity contribution >= 4 is 33.2 Å². The van der Waals surface area contributed by atoms with Crippen LogP contribution in [0, 0.1) is 0 Å². The molecule has 114 valence electrons. The molecule has 0 aliphatic carbocycles. The molecular formula is C17H23ClN2S. The number of benzene rings is 1. The molecule has 1 aliphatic heterocycles. The molecule has 1 aliphatic rings. The highest BCUT2D eigenvalue weighted by molar-refractivity contribution is 7.18. The summed E-state index contributed by atoms with van der Waals surface area (Å²) in [5, 5.41) is 2.03. The van der Waals surface area contributed by atoms with Crippen LogP contribution in [0.2, 0.25) is 5.02 Å². The molecule has 3 rings (SSSR count). The van der Waals surface area contributed by atoms with Crippen LogP contribution in [0.1, 0.15) is 51.5 Å². The molecule has 0 spiro atoms. The van der Waals surface area contributed by atoms with Gasteiger partial charge in [-0.3, -0.25) is 4.90 Å². The number of aromatic nitrogens is 1. The summed E-state index contributed by atoms with van der Waals surface area (Å²) in [5.74, 6) is 0.530. The second kappa shape index (κ2) is 4.94. The quantitative estimate of drug-likeness (QED) is 0.706. The molecule has 1 fully saturated rings. The van der Waals surface area contributed by atoms with Crippen molar-refractivity contribution in [2.24, 2.45) is 0 Å². The molecule has 0 bridgehead atoms. The Labute approximate surface area is 136 Å². The summed E-state index contributed by atoms with van der Waals surface area (Å²) < 4.78 is 1.24. The van der Waals surface area contributed by atoms with E-state index in [4.69, 9.17) is 16.6 Å². The van der Waals surface area contributed by atoms with E-state index in [-0.39, 0.29) is 11.1 Å². The van der Waals surface area contributed by atoms with E-state index in [9.17, 15) is 0 Å². The number of hydrogen-bond acceptors (Lipinski definition) is 3. The molecule has 2 nitrogen and oxygen atoms in total. The van der Waals surface area contributed by atoms with Gasteiger partial charge in [0.2, 0.25) is 0 Å². The third-order valence-electron chi connectivity index (χ3n) is 5.02. The van der Waals surface area contributed by atoms with Crippen molar-refractivity contribution in [2.45, 2.75) is 57.5 Å². The van der Waals surface area contributed by atoms with E-state index in [2.05, 4.69) is 45.7 Å². The Morgan fingerprint density at radius 3 is 2.43 bits per heavy atom. The van der Waals surface area contributed by atoms with Crippen LogP contribution < -0.4 is 0 Å². The highest BCUT2D eigenvalue weighted by atomic mass is 35.5. The molecule has 0 amide bonds. The lowest BCUT2D eigenvalue weighted by atomic mass is 9.74. The number of piperidine rings is 1.